The quantitative estimate of drug-likeness (QED) is 0.746. The highest BCUT2D eigenvalue weighted by Crippen LogP contribution is 2.34. The van der Waals surface area contributed by atoms with E-state index in [0.29, 0.717) is 0 Å². The predicted octanol–water partition coefficient (Wildman–Crippen LogP) is 0.597. The monoisotopic (exact) mass is 209 g/mol. The van der Waals surface area contributed by atoms with Gasteiger partial charge in [-0.2, -0.15) is 5.10 Å². The van der Waals surface area contributed by atoms with Crippen LogP contribution in [-0.4, -0.2) is 27.0 Å². The molecule has 0 bridgehead atoms. The topological polar surface area (TPSA) is 50.1 Å². The van der Waals surface area contributed by atoms with E-state index in [-0.39, 0.29) is 12.1 Å². The Bertz CT molecular complexity index is 342. The zero-order valence-electron chi connectivity index (χ0n) is 9.45. The Morgan fingerprint density at radius 2 is 2.33 bits per heavy atom. The van der Waals surface area contributed by atoms with Crippen LogP contribution in [0.1, 0.15) is 31.2 Å². The fourth-order valence-electron chi connectivity index (χ4n) is 1.73. The van der Waals surface area contributed by atoms with Crippen molar-refractivity contribution < 1.29 is 5.11 Å². The molecule has 0 amide bonds. The number of hydrogen-bond donors (Lipinski definition) is 2. The molecule has 1 heterocycles. The van der Waals surface area contributed by atoms with E-state index in [9.17, 15) is 5.11 Å². The van der Waals surface area contributed by atoms with Crippen LogP contribution in [0, 0.1) is 0 Å². The number of nitrogens with zero attached hydrogens (tertiary/aromatic N) is 2. The van der Waals surface area contributed by atoms with Crippen molar-refractivity contribution in [2.45, 2.75) is 38.3 Å². The molecule has 0 radical (unpaired) electrons. The van der Waals surface area contributed by atoms with E-state index in [1.165, 1.54) is 5.69 Å². The van der Waals surface area contributed by atoms with Crippen molar-refractivity contribution in [3.63, 3.8) is 0 Å². The Labute approximate surface area is 90.3 Å². The summed E-state index contributed by atoms with van der Waals surface area (Å²) in [5.74, 6) is 0. The van der Waals surface area contributed by atoms with Gasteiger partial charge >= 0.3 is 0 Å². The Balaban J connectivity index is 1.95. The highest BCUT2D eigenvalue weighted by atomic mass is 16.3. The van der Waals surface area contributed by atoms with Gasteiger partial charge in [0.25, 0.3) is 0 Å². The van der Waals surface area contributed by atoms with Crippen molar-refractivity contribution >= 4 is 0 Å². The van der Waals surface area contributed by atoms with Gasteiger partial charge in [0, 0.05) is 19.1 Å². The van der Waals surface area contributed by atoms with Crippen molar-refractivity contribution in [1.82, 2.24) is 15.1 Å². The van der Waals surface area contributed by atoms with Gasteiger partial charge in [-0.05, 0) is 25.3 Å². The largest absolute Gasteiger partial charge is 0.394 e. The van der Waals surface area contributed by atoms with Crippen LogP contribution >= 0.6 is 0 Å². The van der Waals surface area contributed by atoms with Crippen molar-refractivity contribution in [2.24, 2.45) is 7.05 Å². The van der Waals surface area contributed by atoms with Gasteiger partial charge in [0.1, 0.15) is 0 Å². The summed E-state index contributed by atoms with van der Waals surface area (Å²) in [6, 6.07) is 2.13. The summed E-state index contributed by atoms with van der Waals surface area (Å²) >= 11 is 0. The molecule has 2 rings (SSSR count). The molecule has 0 aromatic carbocycles. The third-order valence-electron chi connectivity index (χ3n) is 3.19. The molecular formula is C11H19N3O. The highest BCUT2D eigenvalue weighted by molar-refractivity contribution is 5.12. The molecule has 4 nitrogen and oxygen atoms in total. The smallest absolute Gasteiger partial charge is 0.0625 e. The SMILES string of the molecule is CCc1cc(CNC2(CO)CC2)n(C)n1. The summed E-state index contributed by atoms with van der Waals surface area (Å²) in [6.07, 6.45) is 3.14. The Morgan fingerprint density at radius 3 is 2.80 bits per heavy atom. The molecule has 0 spiro atoms. The van der Waals surface area contributed by atoms with Crippen LogP contribution in [0.4, 0.5) is 0 Å². The van der Waals surface area contributed by atoms with E-state index < -0.39 is 0 Å². The van der Waals surface area contributed by atoms with E-state index in [1.54, 1.807) is 0 Å². The van der Waals surface area contributed by atoms with Crippen LogP contribution < -0.4 is 5.32 Å². The molecule has 0 saturated heterocycles. The fourth-order valence-corrected chi connectivity index (χ4v) is 1.73. The lowest BCUT2D eigenvalue weighted by molar-refractivity contribution is 0.229. The van der Waals surface area contributed by atoms with E-state index >= 15 is 0 Å². The third-order valence-corrected chi connectivity index (χ3v) is 3.19. The lowest BCUT2D eigenvalue weighted by Crippen LogP contribution is -2.34. The minimum atomic E-state index is 0.0106. The fraction of sp³-hybridized carbons (Fsp3) is 0.727. The van der Waals surface area contributed by atoms with Crippen molar-refractivity contribution in [3.05, 3.63) is 17.5 Å². The molecule has 0 atom stereocenters. The van der Waals surface area contributed by atoms with Gasteiger partial charge in [-0.25, -0.2) is 0 Å². The standard InChI is InChI=1S/C11H19N3O/c1-3-9-6-10(14(2)13-9)7-12-11(8-15)4-5-11/h6,12,15H,3-5,7-8H2,1-2H3. The minimum absolute atomic E-state index is 0.0106. The molecule has 4 heteroatoms. The van der Waals surface area contributed by atoms with Gasteiger partial charge in [-0.3, -0.25) is 4.68 Å². The van der Waals surface area contributed by atoms with E-state index in [0.717, 1.165) is 31.5 Å². The van der Waals surface area contributed by atoms with Crippen molar-refractivity contribution in [2.75, 3.05) is 6.61 Å². The molecule has 84 valence electrons. The number of aromatic nitrogens is 2. The van der Waals surface area contributed by atoms with Gasteiger partial charge < -0.3 is 10.4 Å². The Kier molecular flexibility index (Phi) is 2.80. The maximum absolute atomic E-state index is 9.17. The number of aliphatic hydroxyl groups excluding tert-OH is 1. The average molecular weight is 209 g/mol. The van der Waals surface area contributed by atoms with Crippen LogP contribution in [0.25, 0.3) is 0 Å². The van der Waals surface area contributed by atoms with Crippen LogP contribution in [0.15, 0.2) is 6.07 Å². The van der Waals surface area contributed by atoms with Gasteiger partial charge in [0.05, 0.1) is 18.0 Å². The number of nitrogens with one attached hydrogen (secondary N) is 1. The van der Waals surface area contributed by atoms with Crippen molar-refractivity contribution in [1.29, 1.82) is 0 Å². The number of aliphatic hydroxyl groups is 1. The Morgan fingerprint density at radius 1 is 1.60 bits per heavy atom. The first-order valence-electron chi connectivity index (χ1n) is 5.57. The third kappa shape index (κ3) is 2.21. The summed E-state index contributed by atoms with van der Waals surface area (Å²) in [5.41, 5.74) is 2.33. The second kappa shape index (κ2) is 3.94. The predicted molar refractivity (Wildman–Crippen MR) is 58.5 cm³/mol. The second-order valence-corrected chi connectivity index (χ2v) is 4.40. The summed E-state index contributed by atoms with van der Waals surface area (Å²) < 4.78 is 1.92. The molecule has 1 aliphatic rings. The average Bonchev–Trinajstić information content (AvgIpc) is 2.95. The molecule has 0 aliphatic heterocycles. The first kappa shape index (κ1) is 10.6. The van der Waals surface area contributed by atoms with Crippen LogP contribution in [0.2, 0.25) is 0 Å². The maximum Gasteiger partial charge on any atom is 0.0625 e. The normalized spacial score (nSPS) is 18.1. The summed E-state index contributed by atoms with van der Waals surface area (Å²) in [6.45, 7) is 3.14. The summed E-state index contributed by atoms with van der Waals surface area (Å²) in [5, 5.41) is 17.0. The molecule has 0 unspecified atom stereocenters. The molecular weight excluding hydrogens is 190 g/mol. The molecule has 1 fully saturated rings. The van der Waals surface area contributed by atoms with Gasteiger partial charge in [0.15, 0.2) is 0 Å². The number of hydrogen-bond acceptors (Lipinski definition) is 3. The molecule has 1 aromatic rings. The minimum Gasteiger partial charge on any atom is -0.394 e. The summed E-state index contributed by atoms with van der Waals surface area (Å²) in [4.78, 5) is 0. The first-order chi connectivity index (χ1) is 7.19. The van der Waals surface area contributed by atoms with E-state index in [2.05, 4.69) is 23.4 Å². The summed E-state index contributed by atoms with van der Waals surface area (Å²) in [7, 11) is 1.97. The molecule has 1 saturated carbocycles. The molecule has 1 aromatic heterocycles. The number of aryl methyl sites for hydroxylation is 2. The first-order valence-corrected chi connectivity index (χ1v) is 5.57. The van der Waals surface area contributed by atoms with Crippen LogP contribution in [-0.2, 0) is 20.0 Å². The zero-order chi connectivity index (χ0) is 10.9. The lowest BCUT2D eigenvalue weighted by Gasteiger charge is -2.13. The van der Waals surface area contributed by atoms with Crippen LogP contribution in [0.3, 0.4) is 0 Å². The second-order valence-electron chi connectivity index (χ2n) is 4.40. The maximum atomic E-state index is 9.17. The van der Waals surface area contributed by atoms with E-state index in [1.807, 2.05) is 11.7 Å². The molecule has 15 heavy (non-hydrogen) atoms. The molecule has 2 N–H and O–H groups in total. The highest BCUT2D eigenvalue weighted by Gasteiger charge is 2.41. The molecule has 1 aliphatic carbocycles. The van der Waals surface area contributed by atoms with Gasteiger partial charge in [-0.1, -0.05) is 6.92 Å². The lowest BCUT2D eigenvalue weighted by atomic mass is 10.2. The van der Waals surface area contributed by atoms with Gasteiger partial charge in [-0.15, -0.1) is 0 Å². The van der Waals surface area contributed by atoms with E-state index in [4.69, 9.17) is 0 Å². The van der Waals surface area contributed by atoms with Crippen LogP contribution in [0.5, 0.6) is 0 Å². The zero-order valence-corrected chi connectivity index (χ0v) is 9.45. The van der Waals surface area contributed by atoms with Gasteiger partial charge in [0.2, 0.25) is 0 Å². The Hall–Kier alpha value is -0.870. The van der Waals surface area contributed by atoms with Crippen molar-refractivity contribution in [3.8, 4) is 0 Å². The number of rotatable bonds is 5.